The van der Waals surface area contributed by atoms with Crippen molar-refractivity contribution in [2.45, 2.75) is 56.9 Å². The summed E-state index contributed by atoms with van der Waals surface area (Å²) in [7, 11) is 2.08. The molecule has 1 aliphatic carbocycles. The summed E-state index contributed by atoms with van der Waals surface area (Å²) < 4.78 is 13.4. The van der Waals surface area contributed by atoms with Gasteiger partial charge in [0.1, 0.15) is 13.2 Å². The molecule has 2 atom stereocenters. The van der Waals surface area contributed by atoms with Crippen LogP contribution in [0.1, 0.15) is 67.2 Å². The van der Waals surface area contributed by atoms with E-state index in [1.807, 2.05) is 19.9 Å². The average Bonchev–Trinajstić information content (AvgIpc) is 3.19. The topological polar surface area (TPSA) is 91.0 Å². The lowest BCUT2D eigenvalue weighted by Crippen LogP contribution is -2.41. The van der Waals surface area contributed by atoms with E-state index in [2.05, 4.69) is 40.1 Å². The van der Waals surface area contributed by atoms with Gasteiger partial charge in [-0.2, -0.15) is 5.26 Å². The van der Waals surface area contributed by atoms with Gasteiger partial charge in [0.15, 0.2) is 22.5 Å². The number of nitrogens with one attached hydrogen (secondary N) is 2. The molecule has 1 aromatic heterocycles. The number of nitriles is 1. The minimum absolute atomic E-state index is 0.0768. The van der Waals surface area contributed by atoms with Crippen LogP contribution in [0.4, 0.5) is 0 Å². The molecule has 1 amide bonds. The van der Waals surface area contributed by atoms with Crippen LogP contribution in [0, 0.1) is 11.3 Å². The second-order valence-corrected chi connectivity index (χ2v) is 9.93. The molecule has 1 fully saturated rings. The minimum Gasteiger partial charge on any atom is -0.486 e. The van der Waals surface area contributed by atoms with Crippen molar-refractivity contribution in [2.75, 3.05) is 13.2 Å². The SMILES string of the molecule is C[n+]1c(C2CCCC(NC(=O)c3ccc4c(c3)OCCO4)C2)[nH]c2cc(C(C)(C)C#N)ccc21. The third kappa shape index (κ3) is 4.09. The van der Waals surface area contributed by atoms with Gasteiger partial charge in [0.25, 0.3) is 11.7 Å². The Kier molecular flexibility index (Phi) is 5.68. The lowest BCUT2D eigenvalue weighted by atomic mass is 9.85. The molecular formula is C27H31N4O3+. The standard InChI is InChI=1S/C27H30N4O3/c1-27(2,16-28)19-8-9-22-21(15-19)30-25(31(22)3)17-5-4-6-20(13-17)29-26(32)18-7-10-23-24(14-18)34-12-11-33-23/h7-10,14-15,17,20H,4-6,11-13H2,1-3H3,(H,29,32)/p+1. The van der Waals surface area contributed by atoms with Crippen molar-refractivity contribution < 1.29 is 18.8 Å². The van der Waals surface area contributed by atoms with Gasteiger partial charge in [-0.15, -0.1) is 0 Å². The lowest BCUT2D eigenvalue weighted by molar-refractivity contribution is -0.654. The molecule has 1 aliphatic heterocycles. The molecule has 0 saturated heterocycles. The number of hydrogen-bond donors (Lipinski definition) is 2. The Labute approximate surface area is 199 Å². The first-order valence-corrected chi connectivity index (χ1v) is 12.0. The van der Waals surface area contributed by atoms with Crippen LogP contribution < -0.4 is 19.4 Å². The zero-order valence-electron chi connectivity index (χ0n) is 20.0. The molecule has 176 valence electrons. The zero-order valence-corrected chi connectivity index (χ0v) is 20.0. The van der Waals surface area contributed by atoms with Crippen LogP contribution >= 0.6 is 0 Å². The molecule has 2 N–H and O–H groups in total. The highest BCUT2D eigenvalue weighted by Crippen LogP contribution is 2.34. The normalized spacial score (nSPS) is 20.1. The molecule has 7 heteroatoms. The van der Waals surface area contributed by atoms with Gasteiger partial charge in [-0.1, -0.05) is 12.5 Å². The maximum absolute atomic E-state index is 13.0. The number of H-pyrrole nitrogens is 1. The van der Waals surface area contributed by atoms with E-state index in [1.54, 1.807) is 18.2 Å². The van der Waals surface area contributed by atoms with Gasteiger partial charge < -0.3 is 14.8 Å². The maximum atomic E-state index is 13.0. The molecule has 0 spiro atoms. The second kappa shape index (κ2) is 8.68. The van der Waals surface area contributed by atoms with Crippen molar-refractivity contribution in [1.29, 1.82) is 5.26 Å². The van der Waals surface area contributed by atoms with Crippen LogP contribution in [0.3, 0.4) is 0 Å². The van der Waals surface area contributed by atoms with Gasteiger partial charge in [0.05, 0.1) is 24.4 Å². The number of carbonyl (C=O) groups excluding carboxylic acids is 1. The number of hydrogen-bond acceptors (Lipinski definition) is 4. The van der Waals surface area contributed by atoms with Gasteiger partial charge in [-0.25, -0.2) is 9.55 Å². The van der Waals surface area contributed by atoms with Crippen molar-refractivity contribution in [1.82, 2.24) is 10.3 Å². The second-order valence-electron chi connectivity index (χ2n) is 9.93. The molecule has 2 unspecified atom stereocenters. The summed E-state index contributed by atoms with van der Waals surface area (Å²) in [6.45, 7) is 4.91. The van der Waals surface area contributed by atoms with Crippen molar-refractivity contribution in [3.8, 4) is 17.6 Å². The maximum Gasteiger partial charge on any atom is 0.258 e. The number of fused-ring (bicyclic) bond motifs is 2. The molecule has 1 saturated carbocycles. The summed E-state index contributed by atoms with van der Waals surface area (Å²) in [5.41, 5.74) is 3.22. The number of amides is 1. The van der Waals surface area contributed by atoms with Crippen LogP contribution in [0.5, 0.6) is 11.5 Å². The van der Waals surface area contributed by atoms with Crippen molar-refractivity contribution >= 4 is 16.9 Å². The summed E-state index contributed by atoms with van der Waals surface area (Å²) in [5, 5.41) is 12.7. The molecule has 3 aromatic rings. The summed E-state index contributed by atoms with van der Waals surface area (Å²) in [6.07, 6.45) is 3.98. The number of imidazole rings is 1. The van der Waals surface area contributed by atoms with E-state index in [4.69, 9.17) is 9.47 Å². The van der Waals surface area contributed by atoms with E-state index in [0.717, 1.165) is 42.3 Å². The highest BCUT2D eigenvalue weighted by atomic mass is 16.6. The summed E-state index contributed by atoms with van der Waals surface area (Å²) in [5.74, 6) is 2.73. The molecule has 2 aromatic carbocycles. The number of benzene rings is 2. The number of aromatic nitrogens is 2. The van der Waals surface area contributed by atoms with E-state index in [1.165, 1.54) is 5.82 Å². The third-order valence-corrected chi connectivity index (χ3v) is 7.18. The van der Waals surface area contributed by atoms with Gasteiger partial charge >= 0.3 is 0 Å². The van der Waals surface area contributed by atoms with Crippen LogP contribution in [-0.2, 0) is 12.5 Å². The first-order chi connectivity index (χ1) is 16.4. The number of ether oxygens (including phenoxy) is 2. The predicted octanol–water partition coefficient (Wildman–Crippen LogP) is 4.02. The fourth-order valence-electron chi connectivity index (χ4n) is 5.13. The minimum atomic E-state index is -0.536. The Morgan fingerprint density at radius 3 is 2.74 bits per heavy atom. The fourth-order valence-corrected chi connectivity index (χ4v) is 5.13. The van der Waals surface area contributed by atoms with E-state index < -0.39 is 5.41 Å². The van der Waals surface area contributed by atoms with Crippen molar-refractivity contribution in [2.24, 2.45) is 7.05 Å². The highest BCUT2D eigenvalue weighted by molar-refractivity contribution is 5.95. The van der Waals surface area contributed by atoms with Gasteiger partial charge in [0.2, 0.25) is 0 Å². The van der Waals surface area contributed by atoms with Crippen LogP contribution in [-0.4, -0.2) is 30.1 Å². The molecule has 34 heavy (non-hydrogen) atoms. The van der Waals surface area contributed by atoms with Crippen molar-refractivity contribution in [3.05, 3.63) is 53.3 Å². The zero-order chi connectivity index (χ0) is 23.9. The monoisotopic (exact) mass is 459 g/mol. The first kappa shape index (κ1) is 22.3. The van der Waals surface area contributed by atoms with Crippen LogP contribution in [0.15, 0.2) is 36.4 Å². The van der Waals surface area contributed by atoms with E-state index >= 15 is 0 Å². The molecule has 0 radical (unpaired) electrons. The summed E-state index contributed by atoms with van der Waals surface area (Å²) in [6, 6.07) is 14.1. The smallest absolute Gasteiger partial charge is 0.258 e. The van der Waals surface area contributed by atoms with Crippen molar-refractivity contribution in [3.63, 3.8) is 0 Å². The lowest BCUT2D eigenvalue weighted by Gasteiger charge is -2.27. The molecule has 0 bridgehead atoms. The molecular weight excluding hydrogens is 428 g/mol. The molecule has 2 heterocycles. The average molecular weight is 460 g/mol. The predicted molar refractivity (Wildman–Crippen MR) is 128 cm³/mol. The molecule has 7 nitrogen and oxygen atoms in total. The van der Waals surface area contributed by atoms with Crippen LogP contribution in [0.25, 0.3) is 11.0 Å². The third-order valence-electron chi connectivity index (χ3n) is 7.18. The van der Waals surface area contributed by atoms with Crippen LogP contribution in [0.2, 0.25) is 0 Å². The number of carbonyl (C=O) groups is 1. The van der Waals surface area contributed by atoms with Gasteiger partial charge in [-0.3, -0.25) is 4.79 Å². The Hall–Kier alpha value is -3.53. The number of aromatic amines is 1. The molecule has 5 rings (SSSR count). The molecule has 2 aliphatic rings. The number of nitrogens with zero attached hydrogens (tertiary/aromatic N) is 2. The van der Waals surface area contributed by atoms with Gasteiger partial charge in [0, 0.05) is 11.6 Å². The summed E-state index contributed by atoms with van der Waals surface area (Å²) >= 11 is 0. The fraction of sp³-hybridized carbons (Fsp3) is 0.444. The van der Waals surface area contributed by atoms with E-state index in [9.17, 15) is 10.1 Å². The summed E-state index contributed by atoms with van der Waals surface area (Å²) in [4.78, 5) is 16.6. The Balaban J connectivity index is 1.33. The quantitative estimate of drug-likeness (QED) is 0.577. The first-order valence-electron chi connectivity index (χ1n) is 12.0. The number of aryl methyl sites for hydroxylation is 1. The highest BCUT2D eigenvalue weighted by Gasteiger charge is 2.32. The van der Waals surface area contributed by atoms with E-state index in [-0.39, 0.29) is 11.9 Å². The van der Waals surface area contributed by atoms with E-state index in [0.29, 0.717) is 36.2 Å². The van der Waals surface area contributed by atoms with Gasteiger partial charge in [-0.05, 0) is 69.0 Å². The largest absolute Gasteiger partial charge is 0.486 e. The Morgan fingerprint density at radius 1 is 1.15 bits per heavy atom. The Morgan fingerprint density at radius 2 is 1.94 bits per heavy atom. The Bertz CT molecular complexity index is 1290. The number of rotatable bonds is 4.